The molecular formula is C20H16BrF2N5O2S2. The third-order valence-corrected chi connectivity index (χ3v) is 7.50. The van der Waals surface area contributed by atoms with E-state index in [0.717, 1.165) is 26.4 Å². The van der Waals surface area contributed by atoms with Gasteiger partial charge < -0.3 is 11.1 Å². The molecule has 0 bridgehead atoms. The van der Waals surface area contributed by atoms with Crippen LogP contribution in [0.25, 0.3) is 20.7 Å². The van der Waals surface area contributed by atoms with E-state index in [1.165, 1.54) is 22.1 Å². The monoisotopic (exact) mass is 539 g/mol. The number of alkyl halides is 2. The highest BCUT2D eigenvalue weighted by Crippen LogP contribution is 2.44. The zero-order valence-electron chi connectivity index (χ0n) is 16.8. The van der Waals surface area contributed by atoms with Gasteiger partial charge in [-0.1, -0.05) is 0 Å². The Morgan fingerprint density at radius 3 is 2.59 bits per heavy atom. The number of amides is 2. The maximum atomic E-state index is 13.5. The molecule has 4 aromatic heterocycles. The minimum atomic E-state index is -2.79. The highest BCUT2D eigenvalue weighted by atomic mass is 79.9. The van der Waals surface area contributed by atoms with Crippen molar-refractivity contribution in [3.05, 3.63) is 50.0 Å². The number of halogens is 3. The lowest BCUT2D eigenvalue weighted by atomic mass is 10.1. The third-order valence-electron chi connectivity index (χ3n) is 4.59. The molecule has 32 heavy (non-hydrogen) atoms. The molecule has 0 saturated heterocycles. The minimum Gasteiger partial charge on any atom is -0.365 e. The molecule has 4 rings (SSSR count). The minimum absolute atomic E-state index is 0.0413. The number of nitrogens with zero attached hydrogens (tertiary/aromatic N) is 3. The van der Waals surface area contributed by atoms with Crippen LogP contribution >= 0.6 is 38.6 Å². The van der Waals surface area contributed by atoms with Crippen molar-refractivity contribution < 1.29 is 18.4 Å². The molecule has 0 saturated carbocycles. The maximum Gasteiger partial charge on any atom is 0.280 e. The number of hydrogen-bond acceptors (Lipinski definition) is 6. The molecule has 2 amide bonds. The van der Waals surface area contributed by atoms with Crippen molar-refractivity contribution >= 4 is 66.3 Å². The summed E-state index contributed by atoms with van der Waals surface area (Å²) in [7, 11) is 0. The van der Waals surface area contributed by atoms with Crippen LogP contribution in [0, 0.1) is 13.8 Å². The Labute approximate surface area is 197 Å². The Bertz CT molecular complexity index is 1340. The number of nitrogens with two attached hydrogens (primary N) is 1. The zero-order chi connectivity index (χ0) is 23.2. The molecule has 0 spiro atoms. The van der Waals surface area contributed by atoms with Crippen molar-refractivity contribution in [1.82, 2.24) is 14.8 Å². The van der Waals surface area contributed by atoms with Gasteiger partial charge in [-0.15, -0.1) is 22.7 Å². The van der Waals surface area contributed by atoms with E-state index >= 15 is 0 Å². The fourth-order valence-electron chi connectivity index (χ4n) is 3.20. The fraction of sp³-hybridized carbons (Fsp3) is 0.200. The fourth-order valence-corrected chi connectivity index (χ4v) is 5.42. The molecule has 0 aromatic carbocycles. The predicted octanol–water partition coefficient (Wildman–Crippen LogP) is 5.28. The number of anilines is 1. The molecule has 0 aliphatic rings. The van der Waals surface area contributed by atoms with Crippen molar-refractivity contribution in [2.24, 2.45) is 5.73 Å². The second-order valence-electron chi connectivity index (χ2n) is 6.96. The van der Waals surface area contributed by atoms with Gasteiger partial charge in [0.1, 0.15) is 21.9 Å². The summed E-state index contributed by atoms with van der Waals surface area (Å²) in [6.45, 7) is 3.57. The van der Waals surface area contributed by atoms with E-state index in [-0.39, 0.29) is 21.9 Å². The van der Waals surface area contributed by atoms with E-state index in [1.54, 1.807) is 19.2 Å². The van der Waals surface area contributed by atoms with Crippen LogP contribution in [0.3, 0.4) is 0 Å². The van der Waals surface area contributed by atoms with Crippen LogP contribution in [0.1, 0.15) is 32.4 Å². The van der Waals surface area contributed by atoms with Gasteiger partial charge >= 0.3 is 0 Å². The Balaban J connectivity index is 1.85. The molecule has 4 heterocycles. The lowest BCUT2D eigenvalue weighted by Crippen LogP contribution is -2.21. The first kappa shape index (κ1) is 22.5. The van der Waals surface area contributed by atoms with Crippen LogP contribution in [0.15, 0.2) is 28.9 Å². The van der Waals surface area contributed by atoms with Gasteiger partial charge in [0.25, 0.3) is 12.3 Å². The molecule has 0 aliphatic heterocycles. The number of carbonyl (C=O) groups is 2. The zero-order valence-corrected chi connectivity index (χ0v) is 20.0. The number of nitrogens with one attached hydrogen (secondary N) is 1. The summed E-state index contributed by atoms with van der Waals surface area (Å²) < 4.78 is 29.2. The molecule has 0 aliphatic carbocycles. The van der Waals surface area contributed by atoms with E-state index in [4.69, 9.17) is 5.73 Å². The van der Waals surface area contributed by atoms with E-state index in [2.05, 4.69) is 31.3 Å². The van der Waals surface area contributed by atoms with Crippen LogP contribution in [-0.2, 0) is 11.3 Å². The number of aromatic nitrogens is 3. The average molecular weight is 540 g/mol. The SMILES string of the molecule is Cc1ccc(-c2cc(C(F)F)nc3sc(C(N)=O)c(NC(=O)Cn4cc(Br)c(C)n4)c23)s1. The summed E-state index contributed by atoms with van der Waals surface area (Å²) in [5, 5.41) is 7.36. The quantitative estimate of drug-likeness (QED) is 0.348. The number of pyridine rings is 1. The summed E-state index contributed by atoms with van der Waals surface area (Å²) in [4.78, 5) is 30.9. The first-order valence-electron chi connectivity index (χ1n) is 9.25. The van der Waals surface area contributed by atoms with E-state index in [0.29, 0.717) is 15.8 Å². The molecule has 4 aromatic rings. The first-order chi connectivity index (χ1) is 15.1. The van der Waals surface area contributed by atoms with Gasteiger partial charge in [0.2, 0.25) is 5.91 Å². The van der Waals surface area contributed by atoms with Gasteiger partial charge in [-0.05, 0) is 48.0 Å². The molecule has 166 valence electrons. The van der Waals surface area contributed by atoms with Gasteiger partial charge in [0.05, 0.1) is 15.9 Å². The molecule has 0 fully saturated rings. The normalized spacial score (nSPS) is 11.4. The second-order valence-corrected chi connectivity index (χ2v) is 10.1. The number of rotatable bonds is 6. The molecule has 3 N–H and O–H groups in total. The van der Waals surface area contributed by atoms with E-state index in [9.17, 15) is 18.4 Å². The summed E-state index contributed by atoms with van der Waals surface area (Å²) in [5.41, 5.74) is 6.48. The molecular weight excluding hydrogens is 524 g/mol. The lowest BCUT2D eigenvalue weighted by molar-refractivity contribution is -0.116. The van der Waals surface area contributed by atoms with Crippen LogP contribution in [0.4, 0.5) is 14.5 Å². The number of hydrogen-bond donors (Lipinski definition) is 2. The molecule has 12 heteroatoms. The van der Waals surface area contributed by atoms with Gasteiger partial charge in [-0.3, -0.25) is 14.3 Å². The van der Waals surface area contributed by atoms with Crippen LogP contribution < -0.4 is 11.1 Å². The molecule has 0 atom stereocenters. The average Bonchev–Trinajstić information content (AvgIpc) is 3.39. The van der Waals surface area contributed by atoms with Crippen molar-refractivity contribution in [3.8, 4) is 10.4 Å². The second kappa shape index (κ2) is 8.68. The number of fused-ring (bicyclic) bond motifs is 1. The highest BCUT2D eigenvalue weighted by molar-refractivity contribution is 9.10. The van der Waals surface area contributed by atoms with Gasteiger partial charge in [-0.2, -0.15) is 5.10 Å². The first-order valence-corrected chi connectivity index (χ1v) is 11.7. The van der Waals surface area contributed by atoms with Crippen LogP contribution in [-0.4, -0.2) is 26.6 Å². The third kappa shape index (κ3) is 4.30. The summed E-state index contributed by atoms with van der Waals surface area (Å²) in [6.07, 6.45) is -1.13. The van der Waals surface area contributed by atoms with Crippen molar-refractivity contribution in [1.29, 1.82) is 0 Å². The topological polar surface area (TPSA) is 103 Å². The van der Waals surface area contributed by atoms with Gasteiger partial charge in [0, 0.05) is 26.9 Å². The molecule has 0 unspecified atom stereocenters. The largest absolute Gasteiger partial charge is 0.365 e. The van der Waals surface area contributed by atoms with Gasteiger partial charge in [-0.25, -0.2) is 13.8 Å². The summed E-state index contributed by atoms with van der Waals surface area (Å²) >= 11 is 5.63. The highest BCUT2D eigenvalue weighted by Gasteiger charge is 2.25. The van der Waals surface area contributed by atoms with Crippen LogP contribution in [0.2, 0.25) is 0 Å². The standard InChI is InChI=1S/C20H16BrF2N5O2S2/c1-8-3-4-13(31-8)10-5-12(18(22)23)25-20-15(10)16(17(32-20)19(24)30)26-14(29)7-28-6-11(21)9(2)27-28/h3-6,18H,7H2,1-2H3,(H2,24,30)(H,26,29). The number of carbonyl (C=O) groups excluding carboxylic acids is 2. The Kier molecular flexibility index (Phi) is 6.10. The smallest absolute Gasteiger partial charge is 0.280 e. The Morgan fingerprint density at radius 1 is 1.28 bits per heavy atom. The number of aryl methyl sites for hydroxylation is 2. The lowest BCUT2D eigenvalue weighted by Gasteiger charge is -2.10. The number of thiophene rings is 2. The summed E-state index contributed by atoms with van der Waals surface area (Å²) in [6, 6.07) is 4.96. The Morgan fingerprint density at radius 2 is 2.03 bits per heavy atom. The van der Waals surface area contributed by atoms with Gasteiger partial charge in [0.15, 0.2) is 0 Å². The van der Waals surface area contributed by atoms with E-state index in [1.807, 2.05) is 13.0 Å². The van der Waals surface area contributed by atoms with Crippen LogP contribution in [0.5, 0.6) is 0 Å². The predicted molar refractivity (Wildman–Crippen MR) is 124 cm³/mol. The summed E-state index contributed by atoms with van der Waals surface area (Å²) in [5.74, 6) is -1.23. The Hall–Kier alpha value is -2.70. The molecule has 7 nitrogen and oxygen atoms in total. The van der Waals surface area contributed by atoms with E-state index < -0.39 is 23.9 Å². The van der Waals surface area contributed by atoms with Crippen molar-refractivity contribution in [2.75, 3.05) is 5.32 Å². The van der Waals surface area contributed by atoms with Crippen molar-refractivity contribution in [3.63, 3.8) is 0 Å². The number of primary amides is 1. The van der Waals surface area contributed by atoms with Crippen molar-refractivity contribution in [2.45, 2.75) is 26.8 Å². The molecule has 0 radical (unpaired) electrons. The maximum absolute atomic E-state index is 13.5.